The smallest absolute Gasteiger partial charge is 0.282 e. The first-order valence-electron chi connectivity index (χ1n) is 9.93. The Labute approximate surface area is 161 Å². The first kappa shape index (κ1) is 19.6. The first-order valence-corrected chi connectivity index (χ1v) is 9.93. The largest absolute Gasteiger partial charge is 0.371 e. The Balaban J connectivity index is 1.80. The number of likely N-dealkylation sites (tertiary alicyclic amines) is 2. The quantitative estimate of drug-likeness (QED) is 0.585. The number of amides is 1. The van der Waals surface area contributed by atoms with E-state index < -0.39 is 4.92 Å². The van der Waals surface area contributed by atoms with Crippen molar-refractivity contribution < 1.29 is 9.72 Å². The lowest BCUT2D eigenvalue weighted by molar-refractivity contribution is -0.385. The first-order chi connectivity index (χ1) is 12.9. The zero-order valence-corrected chi connectivity index (χ0v) is 16.6. The van der Waals surface area contributed by atoms with Crippen molar-refractivity contribution in [2.24, 2.45) is 0 Å². The summed E-state index contributed by atoms with van der Waals surface area (Å²) in [5, 5.41) is 11.4. The number of hydrogen-bond acceptors (Lipinski definition) is 5. The highest BCUT2D eigenvalue weighted by Gasteiger charge is 2.29. The molecule has 3 rings (SSSR count). The molecule has 1 aromatic carbocycles. The molecule has 0 N–H and O–H groups in total. The minimum absolute atomic E-state index is 0.0984. The minimum Gasteiger partial charge on any atom is -0.371 e. The van der Waals surface area contributed by atoms with E-state index in [2.05, 4.69) is 23.6 Å². The Kier molecular flexibility index (Phi) is 5.99. The molecule has 0 spiro atoms. The Morgan fingerprint density at radius 3 is 2.37 bits per heavy atom. The van der Waals surface area contributed by atoms with Crippen molar-refractivity contribution in [3.63, 3.8) is 0 Å². The second-order valence-electron chi connectivity index (χ2n) is 7.93. The van der Waals surface area contributed by atoms with Gasteiger partial charge in [-0.25, -0.2) is 0 Å². The van der Waals surface area contributed by atoms with E-state index in [9.17, 15) is 14.9 Å². The van der Waals surface area contributed by atoms with Gasteiger partial charge in [-0.1, -0.05) is 0 Å². The molecule has 1 amide bonds. The van der Waals surface area contributed by atoms with Gasteiger partial charge in [0.25, 0.3) is 11.6 Å². The van der Waals surface area contributed by atoms with Gasteiger partial charge in [-0.3, -0.25) is 14.9 Å². The maximum absolute atomic E-state index is 12.8. The van der Waals surface area contributed by atoms with Gasteiger partial charge in [-0.2, -0.15) is 0 Å². The highest BCUT2D eigenvalue weighted by atomic mass is 16.6. The van der Waals surface area contributed by atoms with Crippen LogP contribution in [-0.2, 0) is 0 Å². The summed E-state index contributed by atoms with van der Waals surface area (Å²) in [6.45, 7) is 7.92. The van der Waals surface area contributed by atoms with Gasteiger partial charge in [0.2, 0.25) is 0 Å². The molecule has 0 bridgehead atoms. The predicted octanol–water partition coefficient (Wildman–Crippen LogP) is 3.14. The van der Waals surface area contributed by atoms with Crippen molar-refractivity contribution in [1.29, 1.82) is 0 Å². The molecule has 0 aliphatic carbocycles. The molecule has 0 atom stereocenters. The molecule has 148 valence electrons. The van der Waals surface area contributed by atoms with Crippen molar-refractivity contribution in [3.05, 3.63) is 33.9 Å². The van der Waals surface area contributed by atoms with E-state index in [-0.39, 0.29) is 17.2 Å². The lowest BCUT2D eigenvalue weighted by Gasteiger charge is -2.39. The summed E-state index contributed by atoms with van der Waals surface area (Å²) in [5.41, 5.74) is 0.996. The maximum atomic E-state index is 12.8. The molecule has 2 aliphatic heterocycles. The molecule has 2 fully saturated rings. The number of benzene rings is 1. The van der Waals surface area contributed by atoms with Crippen LogP contribution in [0.4, 0.5) is 11.4 Å². The van der Waals surface area contributed by atoms with E-state index in [0.717, 1.165) is 44.5 Å². The molecule has 2 saturated heterocycles. The summed E-state index contributed by atoms with van der Waals surface area (Å²) < 4.78 is 0. The Hall–Kier alpha value is -2.15. The summed E-state index contributed by atoms with van der Waals surface area (Å²) >= 11 is 0. The van der Waals surface area contributed by atoms with E-state index in [4.69, 9.17) is 0 Å². The van der Waals surface area contributed by atoms with Gasteiger partial charge in [0, 0.05) is 57.1 Å². The van der Waals surface area contributed by atoms with Crippen LogP contribution in [0.3, 0.4) is 0 Å². The number of carbonyl (C=O) groups is 1. The van der Waals surface area contributed by atoms with Gasteiger partial charge in [-0.05, 0) is 51.7 Å². The number of nitrogens with zero attached hydrogens (tertiary/aromatic N) is 4. The molecule has 2 aliphatic rings. The molecular weight excluding hydrogens is 344 g/mol. The lowest BCUT2D eigenvalue weighted by atomic mass is 10.0. The van der Waals surface area contributed by atoms with Crippen molar-refractivity contribution in [3.8, 4) is 0 Å². The molecule has 7 nitrogen and oxygen atoms in total. The fourth-order valence-corrected chi connectivity index (χ4v) is 4.16. The Bertz CT molecular complexity index is 692. The zero-order valence-electron chi connectivity index (χ0n) is 16.6. The minimum atomic E-state index is -0.450. The Morgan fingerprint density at radius 2 is 1.81 bits per heavy atom. The number of carbonyl (C=O) groups excluding carboxylic acids is 1. The van der Waals surface area contributed by atoms with Crippen LogP contribution >= 0.6 is 0 Å². The second kappa shape index (κ2) is 8.25. The molecular formula is C20H30N4O3. The van der Waals surface area contributed by atoms with Crippen molar-refractivity contribution in [1.82, 2.24) is 9.80 Å². The standard InChI is InChI=1S/C20H30N4O3/c1-15(2)22-12-8-16(9-13-22)21(3)17-6-7-19(24(26)27)18(14-17)20(25)23-10-4-5-11-23/h6-7,14-16H,4-5,8-13H2,1-3H3. The number of piperidine rings is 1. The molecule has 0 saturated carbocycles. The SMILES string of the molecule is CC(C)N1CCC(N(C)c2ccc([N+](=O)[O-])c(C(=O)N3CCCC3)c2)CC1. The highest BCUT2D eigenvalue weighted by molar-refractivity contribution is 5.99. The van der Waals surface area contributed by atoms with Crippen molar-refractivity contribution in [2.75, 3.05) is 38.1 Å². The summed E-state index contributed by atoms with van der Waals surface area (Å²) in [5.74, 6) is -0.218. The second-order valence-corrected chi connectivity index (χ2v) is 7.93. The van der Waals surface area contributed by atoms with E-state index >= 15 is 0 Å². The van der Waals surface area contributed by atoms with E-state index in [0.29, 0.717) is 25.2 Å². The van der Waals surface area contributed by atoms with E-state index in [1.54, 1.807) is 17.0 Å². The van der Waals surface area contributed by atoms with Gasteiger partial charge in [-0.15, -0.1) is 0 Å². The Morgan fingerprint density at radius 1 is 1.19 bits per heavy atom. The van der Waals surface area contributed by atoms with E-state index in [1.807, 2.05) is 7.05 Å². The van der Waals surface area contributed by atoms with Crippen molar-refractivity contribution in [2.45, 2.75) is 51.6 Å². The summed E-state index contributed by atoms with van der Waals surface area (Å²) in [6.07, 6.45) is 4.04. The summed E-state index contributed by atoms with van der Waals surface area (Å²) in [6, 6.07) is 5.91. The average Bonchev–Trinajstić information content (AvgIpc) is 3.21. The molecule has 0 radical (unpaired) electrons. The maximum Gasteiger partial charge on any atom is 0.282 e. The zero-order chi connectivity index (χ0) is 19.6. The van der Waals surface area contributed by atoms with Gasteiger partial charge in [0.1, 0.15) is 5.56 Å². The third-order valence-electron chi connectivity index (χ3n) is 5.98. The van der Waals surface area contributed by atoms with E-state index in [1.165, 1.54) is 6.07 Å². The van der Waals surface area contributed by atoms with Gasteiger partial charge >= 0.3 is 0 Å². The number of nitro benzene ring substituents is 1. The van der Waals surface area contributed by atoms with Crippen LogP contribution < -0.4 is 4.90 Å². The number of anilines is 1. The summed E-state index contributed by atoms with van der Waals surface area (Å²) in [4.78, 5) is 30.2. The lowest BCUT2D eigenvalue weighted by Crippen LogP contribution is -2.45. The van der Waals surface area contributed by atoms with Crippen LogP contribution in [0.2, 0.25) is 0 Å². The average molecular weight is 374 g/mol. The molecule has 27 heavy (non-hydrogen) atoms. The normalized spacial score (nSPS) is 18.9. The van der Waals surface area contributed by atoms with Crippen LogP contribution in [0.15, 0.2) is 18.2 Å². The fourth-order valence-electron chi connectivity index (χ4n) is 4.16. The van der Waals surface area contributed by atoms with Crippen LogP contribution in [0.5, 0.6) is 0 Å². The molecule has 1 aromatic rings. The van der Waals surface area contributed by atoms with Gasteiger partial charge < -0.3 is 14.7 Å². The molecule has 0 unspecified atom stereocenters. The number of hydrogen-bond donors (Lipinski definition) is 0. The molecule has 2 heterocycles. The van der Waals surface area contributed by atoms with Gasteiger partial charge in [0.15, 0.2) is 0 Å². The number of nitro groups is 1. The fraction of sp³-hybridized carbons (Fsp3) is 0.650. The topological polar surface area (TPSA) is 69.9 Å². The van der Waals surface area contributed by atoms with Crippen LogP contribution in [-0.4, -0.2) is 65.9 Å². The third-order valence-corrected chi connectivity index (χ3v) is 5.98. The predicted molar refractivity (Wildman–Crippen MR) is 106 cm³/mol. The molecule has 0 aromatic heterocycles. The van der Waals surface area contributed by atoms with Gasteiger partial charge in [0.05, 0.1) is 4.92 Å². The summed E-state index contributed by atoms with van der Waals surface area (Å²) in [7, 11) is 2.03. The van der Waals surface area contributed by atoms with Crippen LogP contribution in [0, 0.1) is 10.1 Å². The molecule has 7 heteroatoms. The third kappa shape index (κ3) is 4.24. The van der Waals surface area contributed by atoms with Crippen LogP contribution in [0.1, 0.15) is 49.9 Å². The van der Waals surface area contributed by atoms with Crippen molar-refractivity contribution >= 4 is 17.3 Å². The number of rotatable bonds is 5. The highest BCUT2D eigenvalue weighted by Crippen LogP contribution is 2.29. The van der Waals surface area contributed by atoms with Crippen LogP contribution in [0.25, 0.3) is 0 Å². The monoisotopic (exact) mass is 374 g/mol.